The maximum absolute atomic E-state index is 12.1. The molecule has 0 aliphatic heterocycles. The van der Waals surface area contributed by atoms with Crippen LogP contribution in [0.1, 0.15) is 63.9 Å². The highest BCUT2D eigenvalue weighted by molar-refractivity contribution is 7.17. The predicted molar refractivity (Wildman–Crippen MR) is 93.1 cm³/mol. The van der Waals surface area contributed by atoms with E-state index >= 15 is 0 Å². The molecule has 1 nitrogen and oxygen atoms in total. The molecule has 0 amide bonds. The molecular weight excluding hydrogens is 276 g/mol. The largest absolute Gasteiger partial charge is 0.299 e. The molecule has 0 N–H and O–H groups in total. The summed E-state index contributed by atoms with van der Waals surface area (Å²) in [7, 11) is 0. The van der Waals surface area contributed by atoms with Crippen LogP contribution in [0.2, 0.25) is 0 Å². The summed E-state index contributed by atoms with van der Waals surface area (Å²) in [5, 5.41) is 3.41. The second-order valence-electron chi connectivity index (χ2n) is 5.84. The van der Waals surface area contributed by atoms with E-state index in [0.717, 1.165) is 12.8 Å². The molecule has 0 bridgehead atoms. The number of hydrogen-bond donors (Lipinski definition) is 0. The lowest BCUT2D eigenvalue weighted by molar-refractivity contribution is -0.118. The minimum absolute atomic E-state index is 0.395. The van der Waals surface area contributed by atoms with Crippen molar-refractivity contribution in [3.63, 3.8) is 0 Å². The number of carbonyl (C=O) groups is 1. The van der Waals surface area contributed by atoms with Gasteiger partial charge in [-0.3, -0.25) is 4.79 Å². The smallest absolute Gasteiger partial charge is 0.137 e. The molecule has 0 saturated carbocycles. The summed E-state index contributed by atoms with van der Waals surface area (Å²) in [5.74, 6) is 0.395. The molecule has 1 aromatic heterocycles. The summed E-state index contributed by atoms with van der Waals surface area (Å²) in [6.07, 6.45) is 10.2. The van der Waals surface area contributed by atoms with Crippen molar-refractivity contribution in [2.24, 2.45) is 0 Å². The number of carbonyl (C=O) groups excluding carboxylic acids is 1. The minimum Gasteiger partial charge on any atom is -0.299 e. The molecule has 0 saturated heterocycles. The van der Waals surface area contributed by atoms with Gasteiger partial charge in [0.05, 0.1) is 0 Å². The second-order valence-corrected chi connectivity index (χ2v) is 6.76. The Balaban J connectivity index is 1.68. The molecule has 2 heteroatoms. The van der Waals surface area contributed by atoms with Gasteiger partial charge in [-0.1, -0.05) is 63.6 Å². The van der Waals surface area contributed by atoms with E-state index in [0.29, 0.717) is 12.2 Å². The van der Waals surface area contributed by atoms with Crippen LogP contribution in [0.4, 0.5) is 0 Å². The van der Waals surface area contributed by atoms with Crippen molar-refractivity contribution in [3.05, 3.63) is 35.2 Å². The first-order valence-electron chi connectivity index (χ1n) is 8.28. The Morgan fingerprint density at radius 3 is 2.52 bits per heavy atom. The molecule has 0 unspecified atom stereocenters. The maximum atomic E-state index is 12.1. The van der Waals surface area contributed by atoms with Crippen molar-refractivity contribution in [1.29, 1.82) is 0 Å². The van der Waals surface area contributed by atoms with Crippen LogP contribution in [0, 0.1) is 0 Å². The Bertz CT molecular complexity index is 555. The molecular formula is C19H26OS. The number of thiophene rings is 1. The summed E-state index contributed by atoms with van der Waals surface area (Å²) in [5.41, 5.74) is 1.21. The van der Waals surface area contributed by atoms with Gasteiger partial charge in [0.15, 0.2) is 0 Å². The number of unbranched alkanes of at least 4 members (excludes halogenated alkanes) is 6. The molecule has 0 aliphatic rings. The van der Waals surface area contributed by atoms with Crippen LogP contribution in [0.5, 0.6) is 0 Å². The highest BCUT2D eigenvalue weighted by atomic mass is 32.1. The standard InChI is InChI=1S/C19H26OS/c1-2-3-4-5-6-7-8-11-17(20)14-16-15-21-19-13-10-9-12-18(16)19/h9-10,12-13,15H,2-8,11,14H2,1H3. The van der Waals surface area contributed by atoms with Crippen LogP contribution < -0.4 is 0 Å². The predicted octanol–water partition coefficient (Wildman–Crippen LogP) is 6.15. The molecule has 0 fully saturated rings. The highest BCUT2D eigenvalue weighted by Gasteiger charge is 2.08. The van der Waals surface area contributed by atoms with Gasteiger partial charge in [0.1, 0.15) is 5.78 Å². The Kier molecular flexibility index (Phi) is 6.94. The van der Waals surface area contributed by atoms with E-state index in [1.54, 1.807) is 11.3 Å². The van der Waals surface area contributed by atoms with Crippen LogP contribution in [0.3, 0.4) is 0 Å². The molecule has 0 aliphatic carbocycles. The van der Waals surface area contributed by atoms with Gasteiger partial charge in [-0.05, 0) is 28.8 Å². The SMILES string of the molecule is CCCCCCCCCC(=O)Cc1csc2ccccc12. The van der Waals surface area contributed by atoms with Crippen LogP contribution in [-0.2, 0) is 11.2 Å². The zero-order valence-corrected chi connectivity index (χ0v) is 13.9. The number of benzene rings is 1. The van der Waals surface area contributed by atoms with E-state index in [4.69, 9.17) is 0 Å². The van der Waals surface area contributed by atoms with Crippen molar-refractivity contribution < 1.29 is 4.79 Å². The minimum atomic E-state index is 0.395. The third kappa shape index (κ3) is 5.28. The normalized spacial score (nSPS) is 11.1. The van der Waals surface area contributed by atoms with Crippen molar-refractivity contribution in [1.82, 2.24) is 0 Å². The van der Waals surface area contributed by atoms with E-state index < -0.39 is 0 Å². The van der Waals surface area contributed by atoms with E-state index in [2.05, 4.69) is 36.6 Å². The summed E-state index contributed by atoms with van der Waals surface area (Å²) < 4.78 is 1.29. The van der Waals surface area contributed by atoms with Gasteiger partial charge in [-0.25, -0.2) is 0 Å². The zero-order chi connectivity index (χ0) is 14.9. The third-order valence-corrected chi connectivity index (χ3v) is 5.02. The van der Waals surface area contributed by atoms with Crippen LogP contribution in [-0.4, -0.2) is 5.78 Å². The van der Waals surface area contributed by atoms with Crippen molar-refractivity contribution >= 4 is 27.2 Å². The number of Topliss-reactive ketones (excluding diaryl/α,β-unsaturated/α-hetero) is 1. The topological polar surface area (TPSA) is 17.1 Å². The molecule has 0 radical (unpaired) electrons. The quantitative estimate of drug-likeness (QED) is 0.481. The number of hydrogen-bond acceptors (Lipinski definition) is 2. The van der Waals surface area contributed by atoms with Gasteiger partial charge in [-0.15, -0.1) is 11.3 Å². The number of rotatable bonds is 10. The Hall–Kier alpha value is -1.15. The average molecular weight is 302 g/mol. The Morgan fingerprint density at radius 1 is 1.00 bits per heavy atom. The van der Waals surface area contributed by atoms with Gasteiger partial charge in [0, 0.05) is 17.5 Å². The van der Waals surface area contributed by atoms with Crippen molar-refractivity contribution in [2.75, 3.05) is 0 Å². The summed E-state index contributed by atoms with van der Waals surface area (Å²) in [6.45, 7) is 2.24. The lowest BCUT2D eigenvalue weighted by Crippen LogP contribution is -2.01. The lowest BCUT2D eigenvalue weighted by atomic mass is 10.0. The van der Waals surface area contributed by atoms with E-state index in [-0.39, 0.29) is 0 Å². The molecule has 0 atom stereocenters. The molecule has 2 rings (SSSR count). The lowest BCUT2D eigenvalue weighted by Gasteiger charge is -2.02. The Morgan fingerprint density at radius 2 is 1.71 bits per heavy atom. The monoisotopic (exact) mass is 302 g/mol. The van der Waals surface area contributed by atoms with Crippen LogP contribution in [0.15, 0.2) is 29.6 Å². The summed E-state index contributed by atoms with van der Waals surface area (Å²) >= 11 is 1.74. The first-order valence-corrected chi connectivity index (χ1v) is 9.16. The van der Waals surface area contributed by atoms with Gasteiger partial charge >= 0.3 is 0 Å². The fourth-order valence-corrected chi connectivity index (χ4v) is 3.71. The molecule has 114 valence electrons. The fourth-order valence-electron chi connectivity index (χ4n) is 2.75. The van der Waals surface area contributed by atoms with Gasteiger partial charge < -0.3 is 0 Å². The third-order valence-electron chi connectivity index (χ3n) is 4.01. The molecule has 1 heterocycles. The van der Waals surface area contributed by atoms with Crippen molar-refractivity contribution in [3.8, 4) is 0 Å². The van der Waals surface area contributed by atoms with Gasteiger partial charge in [0.25, 0.3) is 0 Å². The zero-order valence-electron chi connectivity index (χ0n) is 13.1. The number of ketones is 1. The van der Waals surface area contributed by atoms with Gasteiger partial charge in [0.2, 0.25) is 0 Å². The van der Waals surface area contributed by atoms with Crippen LogP contribution >= 0.6 is 11.3 Å². The fraction of sp³-hybridized carbons (Fsp3) is 0.526. The number of fused-ring (bicyclic) bond motifs is 1. The van der Waals surface area contributed by atoms with E-state index in [1.165, 1.54) is 54.2 Å². The average Bonchev–Trinajstić information content (AvgIpc) is 2.90. The first-order chi connectivity index (χ1) is 10.3. The van der Waals surface area contributed by atoms with E-state index in [9.17, 15) is 4.79 Å². The summed E-state index contributed by atoms with van der Waals surface area (Å²) in [6, 6.07) is 8.37. The molecule has 0 spiro atoms. The first kappa shape index (κ1) is 16.2. The highest BCUT2D eigenvalue weighted by Crippen LogP contribution is 2.26. The molecule has 2 aromatic rings. The van der Waals surface area contributed by atoms with Crippen LogP contribution in [0.25, 0.3) is 10.1 Å². The van der Waals surface area contributed by atoms with Gasteiger partial charge in [-0.2, -0.15) is 0 Å². The Labute approximate surface area is 132 Å². The molecule has 21 heavy (non-hydrogen) atoms. The second kappa shape index (κ2) is 8.99. The van der Waals surface area contributed by atoms with E-state index in [1.807, 2.05) is 0 Å². The molecule has 1 aromatic carbocycles. The summed E-state index contributed by atoms with van der Waals surface area (Å²) in [4.78, 5) is 12.1. The van der Waals surface area contributed by atoms with Crippen molar-refractivity contribution in [2.45, 2.75) is 64.7 Å². The maximum Gasteiger partial charge on any atom is 0.137 e.